The summed E-state index contributed by atoms with van der Waals surface area (Å²) in [4.78, 5) is 15.6. The van der Waals surface area contributed by atoms with E-state index in [2.05, 4.69) is 41.5 Å². The molecular weight excluding hydrogens is 400 g/mol. The van der Waals surface area contributed by atoms with Crippen molar-refractivity contribution in [2.75, 3.05) is 6.54 Å². The molecule has 3 N–H and O–H groups in total. The quantitative estimate of drug-likeness (QED) is 0.375. The Balaban J connectivity index is 1.45. The number of hydrogen-bond donors (Lipinski definition) is 3. The summed E-state index contributed by atoms with van der Waals surface area (Å²) in [6, 6.07) is 23.4. The van der Waals surface area contributed by atoms with E-state index in [4.69, 9.17) is 0 Å². The van der Waals surface area contributed by atoms with Crippen LogP contribution in [0.5, 0.6) is 0 Å². The lowest BCUT2D eigenvalue weighted by molar-refractivity contribution is 0.0699. The Morgan fingerprint density at radius 2 is 1.72 bits per heavy atom. The fraction of sp³-hybridized carbons (Fsp3) is 0.185. The van der Waals surface area contributed by atoms with Crippen molar-refractivity contribution in [3.8, 4) is 11.1 Å². The summed E-state index contributed by atoms with van der Waals surface area (Å²) in [5.41, 5.74) is 4.38. The van der Waals surface area contributed by atoms with E-state index in [-0.39, 0.29) is 6.04 Å². The molecule has 5 nitrogen and oxygen atoms in total. The number of nitrogens with zero attached hydrogens (tertiary/aromatic N) is 1. The number of carboxylic acids is 1. The maximum absolute atomic E-state index is 11.6. The number of fused-ring (bicyclic) bond motifs is 1. The smallest absolute Gasteiger partial charge is 0.336 e. The maximum Gasteiger partial charge on any atom is 0.336 e. The third-order valence-corrected chi connectivity index (χ3v) is 5.69. The number of carboxylic acid groups (broad SMARTS) is 1. The summed E-state index contributed by atoms with van der Waals surface area (Å²) in [6.45, 7) is 2.56. The van der Waals surface area contributed by atoms with Gasteiger partial charge in [-0.15, -0.1) is 0 Å². The number of aromatic nitrogens is 1. The first-order valence-electron chi connectivity index (χ1n) is 10.7. The van der Waals surface area contributed by atoms with Crippen LogP contribution in [0.1, 0.15) is 34.5 Å². The first-order valence-corrected chi connectivity index (χ1v) is 10.7. The van der Waals surface area contributed by atoms with Gasteiger partial charge >= 0.3 is 5.97 Å². The van der Waals surface area contributed by atoms with Gasteiger partial charge in [-0.25, -0.2) is 4.79 Å². The molecule has 0 spiro atoms. The van der Waals surface area contributed by atoms with Gasteiger partial charge in [0.2, 0.25) is 0 Å². The van der Waals surface area contributed by atoms with Crippen LogP contribution in [0.25, 0.3) is 21.9 Å². The lowest BCUT2D eigenvalue weighted by atomic mass is 9.94. The minimum absolute atomic E-state index is 0.197. The molecule has 0 fully saturated rings. The summed E-state index contributed by atoms with van der Waals surface area (Å²) in [7, 11) is 0. The van der Waals surface area contributed by atoms with Gasteiger partial charge < -0.3 is 15.5 Å². The second-order valence-corrected chi connectivity index (χ2v) is 8.02. The molecule has 1 heterocycles. The lowest BCUT2D eigenvalue weighted by Crippen LogP contribution is -2.32. The van der Waals surface area contributed by atoms with E-state index in [1.165, 1.54) is 5.56 Å². The van der Waals surface area contributed by atoms with Crippen molar-refractivity contribution in [2.24, 2.45) is 0 Å². The van der Waals surface area contributed by atoms with Gasteiger partial charge in [0, 0.05) is 30.5 Å². The van der Waals surface area contributed by atoms with E-state index in [0.29, 0.717) is 12.1 Å². The van der Waals surface area contributed by atoms with Gasteiger partial charge in [0.15, 0.2) is 0 Å². The predicted octanol–water partition coefficient (Wildman–Crippen LogP) is 4.85. The zero-order valence-corrected chi connectivity index (χ0v) is 17.9. The van der Waals surface area contributed by atoms with Crippen LogP contribution in [0.3, 0.4) is 0 Å². The molecule has 4 rings (SSSR count). The predicted molar refractivity (Wildman–Crippen MR) is 127 cm³/mol. The highest BCUT2D eigenvalue weighted by atomic mass is 16.4. The molecule has 0 saturated heterocycles. The van der Waals surface area contributed by atoms with Gasteiger partial charge in [0.1, 0.15) is 0 Å². The van der Waals surface area contributed by atoms with Gasteiger partial charge in [0.25, 0.3) is 0 Å². The number of nitrogens with one attached hydrogen (secondary N) is 1. The Bertz CT molecular complexity index is 1210. The number of aromatic carboxylic acids is 1. The molecular formula is C27H26N2O3. The number of benzene rings is 3. The van der Waals surface area contributed by atoms with E-state index in [9.17, 15) is 15.0 Å². The molecule has 0 saturated carbocycles. The third-order valence-electron chi connectivity index (χ3n) is 5.69. The van der Waals surface area contributed by atoms with Crippen LogP contribution >= 0.6 is 0 Å². The van der Waals surface area contributed by atoms with Gasteiger partial charge in [-0.1, -0.05) is 60.7 Å². The number of aliphatic hydroxyl groups excluding tert-OH is 1. The van der Waals surface area contributed by atoms with E-state index in [1.54, 1.807) is 18.5 Å². The molecule has 32 heavy (non-hydrogen) atoms. The van der Waals surface area contributed by atoms with Crippen LogP contribution in [0, 0.1) is 0 Å². The molecule has 162 valence electrons. The molecule has 3 aromatic carbocycles. The molecule has 0 aliphatic heterocycles. The van der Waals surface area contributed by atoms with Crippen LogP contribution in [0.2, 0.25) is 0 Å². The van der Waals surface area contributed by atoms with E-state index >= 15 is 0 Å². The van der Waals surface area contributed by atoms with Crippen molar-refractivity contribution in [1.29, 1.82) is 0 Å². The van der Waals surface area contributed by atoms with Crippen LogP contribution in [-0.2, 0) is 6.42 Å². The van der Waals surface area contributed by atoms with Crippen LogP contribution in [0.15, 0.2) is 85.2 Å². The molecule has 0 aliphatic carbocycles. The summed E-state index contributed by atoms with van der Waals surface area (Å²) in [5, 5.41) is 24.8. The highest BCUT2D eigenvalue weighted by Crippen LogP contribution is 2.31. The van der Waals surface area contributed by atoms with Crippen molar-refractivity contribution in [2.45, 2.75) is 25.5 Å². The van der Waals surface area contributed by atoms with Crippen molar-refractivity contribution in [3.05, 3.63) is 102 Å². The Morgan fingerprint density at radius 1 is 0.969 bits per heavy atom. The van der Waals surface area contributed by atoms with Crippen LogP contribution in [0.4, 0.5) is 0 Å². The Morgan fingerprint density at radius 3 is 2.41 bits per heavy atom. The van der Waals surface area contributed by atoms with E-state index in [0.717, 1.165) is 33.9 Å². The fourth-order valence-corrected chi connectivity index (χ4v) is 3.99. The molecule has 0 radical (unpaired) electrons. The highest BCUT2D eigenvalue weighted by molar-refractivity contribution is 6.08. The zero-order chi connectivity index (χ0) is 22.5. The van der Waals surface area contributed by atoms with Crippen molar-refractivity contribution in [3.63, 3.8) is 0 Å². The molecule has 0 unspecified atom stereocenters. The molecule has 2 atom stereocenters. The van der Waals surface area contributed by atoms with Crippen LogP contribution < -0.4 is 5.32 Å². The lowest BCUT2D eigenvalue weighted by Gasteiger charge is -2.17. The molecule has 4 aromatic rings. The minimum Gasteiger partial charge on any atom is -0.478 e. The Labute approximate surface area is 187 Å². The molecule has 5 heteroatoms. The van der Waals surface area contributed by atoms with Gasteiger partial charge in [-0.3, -0.25) is 4.98 Å². The first-order chi connectivity index (χ1) is 15.5. The van der Waals surface area contributed by atoms with Crippen molar-refractivity contribution >= 4 is 16.7 Å². The number of aliphatic hydroxyl groups is 1. The number of rotatable bonds is 8. The highest BCUT2D eigenvalue weighted by Gasteiger charge is 2.13. The maximum atomic E-state index is 11.6. The molecule has 0 aliphatic rings. The molecule has 1 aromatic heterocycles. The van der Waals surface area contributed by atoms with Crippen LogP contribution in [-0.4, -0.2) is 33.8 Å². The first kappa shape index (κ1) is 21.7. The number of hydrogen-bond acceptors (Lipinski definition) is 4. The topological polar surface area (TPSA) is 82.5 Å². The van der Waals surface area contributed by atoms with E-state index in [1.807, 2.05) is 42.5 Å². The summed E-state index contributed by atoms with van der Waals surface area (Å²) >= 11 is 0. The fourth-order valence-electron chi connectivity index (χ4n) is 3.99. The Kier molecular flexibility index (Phi) is 6.59. The van der Waals surface area contributed by atoms with Crippen molar-refractivity contribution in [1.82, 2.24) is 10.3 Å². The van der Waals surface area contributed by atoms with Gasteiger partial charge in [-0.2, -0.15) is 0 Å². The number of pyridine rings is 1. The van der Waals surface area contributed by atoms with Crippen molar-refractivity contribution < 1.29 is 15.0 Å². The second kappa shape index (κ2) is 9.73. The average molecular weight is 427 g/mol. The minimum atomic E-state index is -0.918. The second-order valence-electron chi connectivity index (χ2n) is 8.02. The molecule has 0 amide bonds. The van der Waals surface area contributed by atoms with E-state index < -0.39 is 12.1 Å². The van der Waals surface area contributed by atoms with Gasteiger partial charge in [0.05, 0.1) is 11.7 Å². The largest absolute Gasteiger partial charge is 0.478 e. The summed E-state index contributed by atoms with van der Waals surface area (Å²) < 4.78 is 0. The number of carbonyl (C=O) groups is 1. The zero-order valence-electron chi connectivity index (χ0n) is 17.9. The summed E-state index contributed by atoms with van der Waals surface area (Å²) in [6.07, 6.45) is 3.62. The monoisotopic (exact) mass is 426 g/mol. The third kappa shape index (κ3) is 4.85. The Hall–Kier alpha value is -3.54. The SMILES string of the molecule is C[C@H](Cc1ccc(-c2ccc(C(=O)O)c3ccccc23)cc1)NC[C@@H](O)c1cccnc1. The standard InChI is InChI=1S/C27H26N2O3/c1-18(29-17-26(30)21-5-4-14-28-16-21)15-19-8-10-20(11-9-19)22-12-13-25(27(31)32)24-7-3-2-6-23(22)24/h2-14,16,18,26,29-30H,15,17H2,1H3,(H,31,32)/t18-,26-/m1/s1. The normalized spacial score (nSPS) is 13.1. The molecule has 0 bridgehead atoms. The van der Waals surface area contributed by atoms with Gasteiger partial charge in [-0.05, 0) is 52.9 Å². The average Bonchev–Trinajstić information content (AvgIpc) is 2.83. The summed E-state index contributed by atoms with van der Waals surface area (Å²) in [5.74, 6) is -0.918.